The van der Waals surface area contributed by atoms with E-state index in [-0.39, 0.29) is 6.61 Å². The van der Waals surface area contributed by atoms with E-state index in [1.54, 1.807) is 32.0 Å². The van der Waals surface area contributed by atoms with E-state index >= 15 is 0 Å². The predicted molar refractivity (Wildman–Crippen MR) is 80.9 cm³/mol. The number of nitrogens with one attached hydrogen (secondary N) is 1. The Labute approximate surface area is 124 Å². The fourth-order valence-corrected chi connectivity index (χ4v) is 3.05. The first-order valence-corrected chi connectivity index (χ1v) is 7.93. The number of hydrogen-bond donors (Lipinski definition) is 2. The zero-order valence-corrected chi connectivity index (χ0v) is 12.9. The van der Waals surface area contributed by atoms with Gasteiger partial charge in [-0.1, -0.05) is 37.3 Å². The van der Waals surface area contributed by atoms with Gasteiger partial charge < -0.3 is 5.11 Å². The van der Waals surface area contributed by atoms with E-state index in [9.17, 15) is 8.42 Å². The van der Waals surface area contributed by atoms with Crippen molar-refractivity contribution >= 4 is 27.5 Å². The van der Waals surface area contributed by atoms with Crippen molar-refractivity contribution in [3.63, 3.8) is 0 Å². The van der Waals surface area contributed by atoms with Crippen LogP contribution in [-0.4, -0.2) is 37.5 Å². The Bertz CT molecular complexity index is 616. The normalized spacial score (nSPS) is 11.1. The number of benzene rings is 1. The Kier molecular flexibility index (Phi) is 6.30. The van der Waals surface area contributed by atoms with Gasteiger partial charge in [0.15, 0.2) is 0 Å². The standard InChI is InChI=1S/C13H17ClN2O3S/c1-3-16(4-2)20(18,19)15-13-8-7-12(14)10-11(13)6-5-9-17/h7-8,10,15,17H,3-4,9H2,1-2H3. The van der Waals surface area contributed by atoms with Crippen LogP contribution in [0.3, 0.4) is 0 Å². The van der Waals surface area contributed by atoms with Gasteiger partial charge in [-0.3, -0.25) is 4.72 Å². The Morgan fingerprint density at radius 2 is 2.00 bits per heavy atom. The first-order valence-electron chi connectivity index (χ1n) is 6.11. The van der Waals surface area contributed by atoms with Crippen LogP contribution >= 0.6 is 11.6 Å². The number of rotatable bonds is 5. The van der Waals surface area contributed by atoms with Crippen LogP contribution in [-0.2, 0) is 10.2 Å². The highest BCUT2D eigenvalue weighted by Crippen LogP contribution is 2.21. The lowest BCUT2D eigenvalue weighted by molar-refractivity contribution is 0.350. The molecule has 0 atom stereocenters. The molecular weight excluding hydrogens is 300 g/mol. The van der Waals surface area contributed by atoms with E-state index in [1.165, 1.54) is 4.31 Å². The molecular formula is C13H17ClN2O3S. The second kappa shape index (κ2) is 7.50. The fourth-order valence-electron chi connectivity index (χ4n) is 1.61. The van der Waals surface area contributed by atoms with Gasteiger partial charge in [-0.05, 0) is 18.2 Å². The molecule has 0 aliphatic heterocycles. The molecule has 0 radical (unpaired) electrons. The van der Waals surface area contributed by atoms with Gasteiger partial charge in [0, 0.05) is 18.1 Å². The molecule has 1 aromatic rings. The van der Waals surface area contributed by atoms with Crippen molar-refractivity contribution in [2.24, 2.45) is 0 Å². The van der Waals surface area contributed by atoms with Crippen molar-refractivity contribution in [1.82, 2.24) is 4.31 Å². The molecule has 0 heterocycles. The van der Waals surface area contributed by atoms with Gasteiger partial charge >= 0.3 is 10.2 Å². The van der Waals surface area contributed by atoms with Crippen molar-refractivity contribution in [3.8, 4) is 11.8 Å². The molecule has 20 heavy (non-hydrogen) atoms. The van der Waals surface area contributed by atoms with Crippen LogP contribution < -0.4 is 4.72 Å². The Hall–Kier alpha value is -1.26. The summed E-state index contributed by atoms with van der Waals surface area (Å²) in [4.78, 5) is 0. The van der Waals surface area contributed by atoms with E-state index in [4.69, 9.17) is 16.7 Å². The summed E-state index contributed by atoms with van der Waals surface area (Å²) in [5.74, 6) is 5.15. The SMILES string of the molecule is CCN(CC)S(=O)(=O)Nc1ccc(Cl)cc1C#CCO. The lowest BCUT2D eigenvalue weighted by atomic mass is 10.2. The van der Waals surface area contributed by atoms with Gasteiger partial charge in [0.1, 0.15) is 6.61 Å². The summed E-state index contributed by atoms with van der Waals surface area (Å²) in [6.45, 7) is 3.96. The molecule has 110 valence electrons. The molecule has 0 saturated carbocycles. The molecule has 0 fully saturated rings. The van der Waals surface area contributed by atoms with Crippen LogP contribution in [0, 0.1) is 11.8 Å². The molecule has 0 spiro atoms. The zero-order valence-electron chi connectivity index (χ0n) is 11.4. The minimum absolute atomic E-state index is 0.311. The van der Waals surface area contributed by atoms with E-state index < -0.39 is 10.2 Å². The largest absolute Gasteiger partial charge is 0.384 e. The van der Waals surface area contributed by atoms with E-state index in [0.29, 0.717) is 29.4 Å². The summed E-state index contributed by atoms with van der Waals surface area (Å²) in [6.07, 6.45) is 0. The van der Waals surface area contributed by atoms with Crippen molar-refractivity contribution in [2.45, 2.75) is 13.8 Å². The van der Waals surface area contributed by atoms with Crippen molar-refractivity contribution in [1.29, 1.82) is 0 Å². The average Bonchev–Trinajstić information content (AvgIpc) is 2.39. The second-order valence-electron chi connectivity index (χ2n) is 3.84. The lowest BCUT2D eigenvalue weighted by Gasteiger charge is -2.20. The molecule has 0 aromatic heterocycles. The first kappa shape index (κ1) is 16.8. The average molecular weight is 317 g/mol. The van der Waals surface area contributed by atoms with Crippen molar-refractivity contribution in [2.75, 3.05) is 24.4 Å². The van der Waals surface area contributed by atoms with Gasteiger partial charge in [-0.25, -0.2) is 0 Å². The minimum Gasteiger partial charge on any atom is -0.384 e. The molecule has 7 heteroatoms. The van der Waals surface area contributed by atoms with Gasteiger partial charge in [0.2, 0.25) is 0 Å². The van der Waals surface area contributed by atoms with E-state index in [2.05, 4.69) is 16.6 Å². The molecule has 2 N–H and O–H groups in total. The maximum atomic E-state index is 12.2. The molecule has 1 rings (SSSR count). The van der Waals surface area contributed by atoms with Crippen molar-refractivity contribution in [3.05, 3.63) is 28.8 Å². The highest BCUT2D eigenvalue weighted by Gasteiger charge is 2.19. The summed E-state index contributed by atoms with van der Waals surface area (Å²) >= 11 is 5.87. The van der Waals surface area contributed by atoms with E-state index in [1.807, 2.05) is 0 Å². The monoisotopic (exact) mass is 316 g/mol. The van der Waals surface area contributed by atoms with E-state index in [0.717, 1.165) is 0 Å². The maximum Gasteiger partial charge on any atom is 0.301 e. The third-order valence-electron chi connectivity index (χ3n) is 2.57. The first-order chi connectivity index (χ1) is 9.44. The summed E-state index contributed by atoms with van der Waals surface area (Å²) in [5.41, 5.74) is 0.754. The quantitative estimate of drug-likeness (QED) is 0.812. The number of aliphatic hydroxyl groups excluding tert-OH is 1. The summed E-state index contributed by atoms with van der Waals surface area (Å²) < 4.78 is 28.1. The summed E-state index contributed by atoms with van der Waals surface area (Å²) in [7, 11) is -3.63. The van der Waals surface area contributed by atoms with Crippen LogP contribution in [0.5, 0.6) is 0 Å². The molecule has 0 bridgehead atoms. The smallest absolute Gasteiger partial charge is 0.301 e. The maximum absolute atomic E-state index is 12.2. The molecule has 0 saturated heterocycles. The van der Waals surface area contributed by atoms with Gasteiger partial charge in [0.25, 0.3) is 0 Å². The van der Waals surface area contributed by atoms with Crippen LogP contribution in [0.25, 0.3) is 0 Å². The Morgan fingerprint density at radius 1 is 1.35 bits per heavy atom. The Balaban J connectivity index is 3.15. The highest BCUT2D eigenvalue weighted by molar-refractivity contribution is 7.90. The van der Waals surface area contributed by atoms with Crippen molar-refractivity contribution < 1.29 is 13.5 Å². The number of anilines is 1. The highest BCUT2D eigenvalue weighted by atomic mass is 35.5. The zero-order chi connectivity index (χ0) is 15.2. The lowest BCUT2D eigenvalue weighted by Crippen LogP contribution is -2.35. The molecule has 0 aliphatic carbocycles. The molecule has 0 amide bonds. The van der Waals surface area contributed by atoms with Crippen LogP contribution in [0.15, 0.2) is 18.2 Å². The van der Waals surface area contributed by atoms with Gasteiger partial charge in [-0.15, -0.1) is 0 Å². The number of halogens is 1. The number of hydrogen-bond acceptors (Lipinski definition) is 3. The summed E-state index contributed by atoms with van der Waals surface area (Å²) in [5, 5.41) is 9.17. The van der Waals surface area contributed by atoms with Crippen LogP contribution in [0.1, 0.15) is 19.4 Å². The number of nitrogens with zero attached hydrogens (tertiary/aromatic N) is 1. The summed E-state index contributed by atoms with van der Waals surface area (Å²) in [6, 6.07) is 4.67. The fraction of sp³-hybridized carbons (Fsp3) is 0.385. The molecule has 0 aliphatic rings. The number of aliphatic hydroxyl groups is 1. The molecule has 5 nitrogen and oxygen atoms in total. The molecule has 1 aromatic carbocycles. The predicted octanol–water partition coefficient (Wildman–Crippen LogP) is 1.68. The van der Waals surface area contributed by atoms with Crippen LogP contribution in [0.4, 0.5) is 5.69 Å². The third kappa shape index (κ3) is 4.39. The third-order valence-corrected chi connectivity index (χ3v) is 4.48. The Morgan fingerprint density at radius 3 is 2.55 bits per heavy atom. The minimum atomic E-state index is -3.63. The molecule has 0 unspecified atom stereocenters. The van der Waals surface area contributed by atoms with Crippen LogP contribution in [0.2, 0.25) is 5.02 Å². The van der Waals surface area contributed by atoms with Gasteiger partial charge in [-0.2, -0.15) is 12.7 Å². The van der Waals surface area contributed by atoms with Gasteiger partial charge in [0.05, 0.1) is 11.3 Å². The second-order valence-corrected chi connectivity index (χ2v) is 5.95. The topological polar surface area (TPSA) is 69.6 Å².